The van der Waals surface area contributed by atoms with Crippen molar-refractivity contribution < 1.29 is 4.39 Å². The molecular weight excluding hydrogens is 203 g/mol. The summed E-state index contributed by atoms with van der Waals surface area (Å²) in [5.74, 6) is -0.203. The molecule has 1 aliphatic heterocycles. The van der Waals surface area contributed by atoms with Gasteiger partial charge in [-0.25, -0.2) is 4.39 Å². The van der Waals surface area contributed by atoms with Crippen molar-refractivity contribution in [3.8, 4) is 0 Å². The van der Waals surface area contributed by atoms with Gasteiger partial charge in [-0.15, -0.1) is 0 Å². The smallest absolute Gasteiger partial charge is 0.123 e. The fourth-order valence-corrected chi connectivity index (χ4v) is 2.33. The minimum atomic E-state index is -0.203. The molecule has 1 unspecified atom stereocenters. The quantitative estimate of drug-likeness (QED) is 0.850. The first-order valence-corrected chi connectivity index (χ1v) is 5.92. The normalized spacial score (nSPS) is 23.6. The minimum Gasteiger partial charge on any atom is -0.323 e. The third-order valence-corrected chi connectivity index (χ3v) is 3.42. The zero-order chi connectivity index (χ0) is 11.5. The Balaban J connectivity index is 1.97. The maximum Gasteiger partial charge on any atom is 0.123 e. The summed E-state index contributed by atoms with van der Waals surface area (Å²) in [6, 6.07) is 7.12. The molecule has 0 amide bonds. The molecule has 88 valence electrons. The van der Waals surface area contributed by atoms with Crippen molar-refractivity contribution in [3.05, 3.63) is 35.6 Å². The summed E-state index contributed by atoms with van der Waals surface area (Å²) in [7, 11) is 0. The van der Waals surface area contributed by atoms with Crippen molar-refractivity contribution in [1.82, 2.24) is 4.90 Å². The lowest BCUT2D eigenvalue weighted by Crippen LogP contribution is -2.34. The Morgan fingerprint density at radius 1 is 1.44 bits per heavy atom. The van der Waals surface area contributed by atoms with Crippen molar-refractivity contribution in [2.75, 3.05) is 13.1 Å². The Morgan fingerprint density at radius 2 is 2.12 bits per heavy atom. The standard InChI is InChI=1S/C13H19FN2/c1-10-3-2-8-16(10)9-13(15)11-4-6-12(14)7-5-11/h4-7,10,13H,2-3,8-9,15H2,1H3/t10-,13?/m1/s1. The number of benzene rings is 1. The van der Waals surface area contributed by atoms with E-state index in [4.69, 9.17) is 5.73 Å². The highest BCUT2D eigenvalue weighted by molar-refractivity contribution is 5.19. The summed E-state index contributed by atoms with van der Waals surface area (Å²) < 4.78 is 12.8. The van der Waals surface area contributed by atoms with Crippen molar-refractivity contribution in [2.24, 2.45) is 5.73 Å². The highest BCUT2D eigenvalue weighted by atomic mass is 19.1. The zero-order valence-electron chi connectivity index (χ0n) is 9.70. The van der Waals surface area contributed by atoms with Crippen LogP contribution in [0.15, 0.2) is 24.3 Å². The number of likely N-dealkylation sites (tertiary alicyclic amines) is 1. The second kappa shape index (κ2) is 4.93. The minimum absolute atomic E-state index is 0.0128. The number of nitrogens with zero attached hydrogens (tertiary/aromatic N) is 1. The largest absolute Gasteiger partial charge is 0.323 e. The lowest BCUT2D eigenvalue weighted by atomic mass is 10.1. The van der Waals surface area contributed by atoms with Gasteiger partial charge in [0.2, 0.25) is 0 Å². The van der Waals surface area contributed by atoms with Gasteiger partial charge in [0.25, 0.3) is 0 Å². The number of hydrogen-bond donors (Lipinski definition) is 1. The van der Waals surface area contributed by atoms with Crippen LogP contribution in [0.3, 0.4) is 0 Å². The second-order valence-electron chi connectivity index (χ2n) is 4.64. The van der Waals surface area contributed by atoms with Crippen LogP contribution >= 0.6 is 0 Å². The van der Waals surface area contributed by atoms with Crippen molar-refractivity contribution in [2.45, 2.75) is 31.8 Å². The predicted octanol–water partition coefficient (Wildman–Crippen LogP) is 2.31. The summed E-state index contributed by atoms with van der Waals surface area (Å²) in [5.41, 5.74) is 7.14. The molecule has 1 aliphatic rings. The molecule has 2 rings (SSSR count). The average molecular weight is 222 g/mol. The van der Waals surface area contributed by atoms with Crippen molar-refractivity contribution >= 4 is 0 Å². The maximum absolute atomic E-state index is 12.8. The van der Waals surface area contributed by atoms with E-state index >= 15 is 0 Å². The molecule has 1 aromatic rings. The van der Waals surface area contributed by atoms with E-state index in [1.54, 1.807) is 12.1 Å². The van der Waals surface area contributed by atoms with E-state index in [0.29, 0.717) is 6.04 Å². The van der Waals surface area contributed by atoms with Crippen LogP contribution in [0.5, 0.6) is 0 Å². The van der Waals surface area contributed by atoms with Crippen LogP contribution in [0, 0.1) is 5.82 Å². The molecule has 1 fully saturated rings. The summed E-state index contributed by atoms with van der Waals surface area (Å²) >= 11 is 0. The van der Waals surface area contributed by atoms with Gasteiger partial charge in [0.05, 0.1) is 0 Å². The summed E-state index contributed by atoms with van der Waals surface area (Å²) in [6.45, 7) is 4.24. The fraction of sp³-hybridized carbons (Fsp3) is 0.538. The molecule has 16 heavy (non-hydrogen) atoms. The van der Waals surface area contributed by atoms with E-state index in [2.05, 4.69) is 11.8 Å². The number of nitrogens with two attached hydrogens (primary N) is 1. The predicted molar refractivity (Wildman–Crippen MR) is 63.6 cm³/mol. The van der Waals surface area contributed by atoms with Crippen LogP contribution in [0.25, 0.3) is 0 Å². The molecule has 2 nitrogen and oxygen atoms in total. The topological polar surface area (TPSA) is 29.3 Å². The van der Waals surface area contributed by atoms with Crippen LogP contribution in [-0.4, -0.2) is 24.0 Å². The molecule has 0 saturated carbocycles. The molecular formula is C13H19FN2. The maximum atomic E-state index is 12.8. The first-order chi connectivity index (χ1) is 7.66. The molecule has 2 N–H and O–H groups in total. The Kier molecular flexibility index (Phi) is 3.56. The van der Waals surface area contributed by atoms with Gasteiger partial charge >= 0.3 is 0 Å². The highest BCUT2D eigenvalue weighted by Gasteiger charge is 2.22. The average Bonchev–Trinajstić information content (AvgIpc) is 2.65. The number of hydrogen-bond acceptors (Lipinski definition) is 2. The van der Waals surface area contributed by atoms with E-state index in [1.807, 2.05) is 0 Å². The van der Waals surface area contributed by atoms with E-state index in [0.717, 1.165) is 18.7 Å². The van der Waals surface area contributed by atoms with Crippen molar-refractivity contribution in [1.29, 1.82) is 0 Å². The Labute approximate surface area is 96.2 Å². The van der Waals surface area contributed by atoms with Gasteiger partial charge in [0.15, 0.2) is 0 Å². The Bertz CT molecular complexity index is 336. The molecule has 0 radical (unpaired) electrons. The van der Waals surface area contributed by atoms with Gasteiger partial charge in [-0.05, 0) is 44.0 Å². The highest BCUT2D eigenvalue weighted by Crippen LogP contribution is 2.20. The lowest BCUT2D eigenvalue weighted by Gasteiger charge is -2.24. The molecule has 2 atom stereocenters. The number of halogens is 1. The van der Waals surface area contributed by atoms with Gasteiger partial charge < -0.3 is 5.73 Å². The molecule has 0 bridgehead atoms. The van der Waals surface area contributed by atoms with Gasteiger partial charge in [0, 0.05) is 18.6 Å². The summed E-state index contributed by atoms with van der Waals surface area (Å²) in [5, 5.41) is 0. The third-order valence-electron chi connectivity index (χ3n) is 3.42. The molecule has 1 aromatic carbocycles. The van der Waals surface area contributed by atoms with E-state index in [1.165, 1.54) is 25.0 Å². The Hall–Kier alpha value is -0.930. The van der Waals surface area contributed by atoms with Crippen LogP contribution < -0.4 is 5.73 Å². The Morgan fingerprint density at radius 3 is 2.69 bits per heavy atom. The first-order valence-electron chi connectivity index (χ1n) is 5.92. The van der Waals surface area contributed by atoms with Gasteiger partial charge in [-0.2, -0.15) is 0 Å². The molecule has 0 aromatic heterocycles. The fourth-order valence-electron chi connectivity index (χ4n) is 2.33. The monoisotopic (exact) mass is 222 g/mol. The van der Waals surface area contributed by atoms with Crippen LogP contribution in [-0.2, 0) is 0 Å². The molecule has 0 aliphatic carbocycles. The molecule has 1 saturated heterocycles. The van der Waals surface area contributed by atoms with E-state index in [-0.39, 0.29) is 11.9 Å². The molecule has 0 spiro atoms. The zero-order valence-corrected chi connectivity index (χ0v) is 9.70. The number of rotatable bonds is 3. The summed E-state index contributed by atoms with van der Waals surface area (Å²) in [4.78, 5) is 2.41. The molecule has 1 heterocycles. The third kappa shape index (κ3) is 2.60. The summed E-state index contributed by atoms with van der Waals surface area (Å²) in [6.07, 6.45) is 2.52. The van der Waals surface area contributed by atoms with Gasteiger partial charge in [-0.3, -0.25) is 4.90 Å². The first kappa shape index (κ1) is 11.6. The van der Waals surface area contributed by atoms with E-state index < -0.39 is 0 Å². The second-order valence-corrected chi connectivity index (χ2v) is 4.64. The van der Waals surface area contributed by atoms with Crippen LogP contribution in [0.4, 0.5) is 4.39 Å². The molecule has 3 heteroatoms. The van der Waals surface area contributed by atoms with Crippen LogP contribution in [0.2, 0.25) is 0 Å². The van der Waals surface area contributed by atoms with Crippen LogP contribution in [0.1, 0.15) is 31.4 Å². The van der Waals surface area contributed by atoms with Gasteiger partial charge in [0.1, 0.15) is 5.82 Å². The lowest BCUT2D eigenvalue weighted by molar-refractivity contribution is 0.252. The van der Waals surface area contributed by atoms with Gasteiger partial charge in [-0.1, -0.05) is 12.1 Å². The van der Waals surface area contributed by atoms with Crippen molar-refractivity contribution in [3.63, 3.8) is 0 Å². The van der Waals surface area contributed by atoms with E-state index in [9.17, 15) is 4.39 Å². The SMILES string of the molecule is C[C@@H]1CCCN1CC(N)c1ccc(F)cc1.